The van der Waals surface area contributed by atoms with Gasteiger partial charge in [0, 0.05) is 5.38 Å². The third kappa shape index (κ3) is 3.69. The van der Waals surface area contributed by atoms with Crippen LogP contribution in [0.25, 0.3) is 0 Å². The van der Waals surface area contributed by atoms with Crippen LogP contribution in [0.3, 0.4) is 0 Å². The van der Waals surface area contributed by atoms with Gasteiger partial charge in [0.15, 0.2) is 5.06 Å². The highest BCUT2D eigenvalue weighted by atomic mass is 32.1. The second-order valence-corrected chi connectivity index (χ2v) is 2.86. The first-order valence-corrected chi connectivity index (χ1v) is 4.47. The highest BCUT2D eigenvalue weighted by Gasteiger charge is 1.93. The van der Waals surface area contributed by atoms with Crippen molar-refractivity contribution >= 4 is 11.3 Å². The monoisotopic (exact) mass is 189 g/mol. The molecule has 1 aromatic rings. The smallest absolute Gasteiger partial charge is 0.174 e. The third-order valence-corrected chi connectivity index (χ3v) is 1.85. The molecule has 0 saturated heterocycles. The van der Waals surface area contributed by atoms with E-state index in [0.29, 0.717) is 13.2 Å². The van der Waals surface area contributed by atoms with Gasteiger partial charge in [-0.15, -0.1) is 0 Å². The van der Waals surface area contributed by atoms with Crippen molar-refractivity contribution < 1.29 is 13.9 Å². The molecule has 0 fully saturated rings. The number of ether oxygens (including phenoxy) is 2. The van der Waals surface area contributed by atoms with Crippen LogP contribution in [0.1, 0.15) is 0 Å². The summed E-state index contributed by atoms with van der Waals surface area (Å²) in [5.41, 5.74) is 0. The predicted molar refractivity (Wildman–Crippen MR) is 45.4 cm³/mol. The normalized spacial score (nSPS) is 10.1. The van der Waals surface area contributed by atoms with E-state index in [9.17, 15) is 4.39 Å². The molecule has 1 radical (unpaired) electrons. The molecule has 0 spiro atoms. The van der Waals surface area contributed by atoms with Crippen molar-refractivity contribution in [3.8, 4) is 5.06 Å². The fraction of sp³-hybridized carbons (Fsp3) is 0.500. The van der Waals surface area contributed by atoms with Crippen LogP contribution < -0.4 is 4.74 Å². The SMILES string of the molecule is FCCOCCOc1cc[c]s1. The lowest BCUT2D eigenvalue weighted by Crippen LogP contribution is -2.07. The number of rotatable bonds is 6. The standard InChI is InChI=1S/C8H10FO2S/c9-3-4-10-5-6-11-8-2-1-7-12-8/h1-2H,3-6H2. The zero-order valence-electron chi connectivity index (χ0n) is 6.59. The first-order valence-electron chi connectivity index (χ1n) is 3.66. The van der Waals surface area contributed by atoms with Gasteiger partial charge in [-0.3, -0.25) is 0 Å². The minimum Gasteiger partial charge on any atom is -0.482 e. The fourth-order valence-electron chi connectivity index (χ4n) is 0.664. The molecular weight excluding hydrogens is 179 g/mol. The molecule has 4 heteroatoms. The third-order valence-electron chi connectivity index (χ3n) is 1.14. The zero-order chi connectivity index (χ0) is 8.65. The van der Waals surface area contributed by atoms with E-state index >= 15 is 0 Å². The van der Waals surface area contributed by atoms with Gasteiger partial charge < -0.3 is 9.47 Å². The molecule has 1 heterocycles. The topological polar surface area (TPSA) is 18.5 Å². The molecule has 1 aromatic heterocycles. The van der Waals surface area contributed by atoms with Crippen LogP contribution in [0, 0.1) is 5.38 Å². The molecule has 0 atom stereocenters. The Bertz CT molecular complexity index is 189. The molecule has 0 N–H and O–H groups in total. The lowest BCUT2D eigenvalue weighted by Gasteiger charge is -2.02. The van der Waals surface area contributed by atoms with Gasteiger partial charge in [0.25, 0.3) is 0 Å². The number of thiophene rings is 1. The molecule has 2 nitrogen and oxygen atoms in total. The molecular formula is C8H10FO2S. The number of hydrogen-bond donors (Lipinski definition) is 0. The van der Waals surface area contributed by atoms with Gasteiger partial charge >= 0.3 is 0 Å². The Kier molecular flexibility index (Phi) is 4.71. The molecule has 0 saturated carbocycles. The minimum absolute atomic E-state index is 0.153. The van der Waals surface area contributed by atoms with Crippen LogP contribution in [0.5, 0.6) is 5.06 Å². The van der Waals surface area contributed by atoms with Crippen LogP contribution in [-0.4, -0.2) is 26.5 Å². The van der Waals surface area contributed by atoms with Gasteiger partial charge in [-0.1, -0.05) is 11.3 Å². The summed E-state index contributed by atoms with van der Waals surface area (Å²) in [6.45, 7) is 0.614. The zero-order valence-corrected chi connectivity index (χ0v) is 7.40. The van der Waals surface area contributed by atoms with E-state index in [1.54, 1.807) is 6.07 Å². The van der Waals surface area contributed by atoms with E-state index in [2.05, 4.69) is 5.38 Å². The van der Waals surface area contributed by atoms with Crippen LogP contribution in [0.15, 0.2) is 12.1 Å². The Labute approximate surface area is 74.9 Å². The van der Waals surface area contributed by atoms with Crippen molar-refractivity contribution in [2.24, 2.45) is 0 Å². The van der Waals surface area contributed by atoms with E-state index in [-0.39, 0.29) is 6.61 Å². The molecule has 0 aliphatic carbocycles. The van der Waals surface area contributed by atoms with E-state index in [1.807, 2.05) is 6.07 Å². The Morgan fingerprint density at radius 3 is 3.00 bits per heavy atom. The van der Waals surface area contributed by atoms with Gasteiger partial charge in [0.05, 0.1) is 13.2 Å². The van der Waals surface area contributed by atoms with Gasteiger partial charge in [0.2, 0.25) is 0 Å². The average molecular weight is 189 g/mol. The van der Waals surface area contributed by atoms with Crippen LogP contribution in [0.4, 0.5) is 4.39 Å². The average Bonchev–Trinajstić information content (AvgIpc) is 2.57. The maximum Gasteiger partial charge on any atom is 0.174 e. The second kappa shape index (κ2) is 5.97. The first kappa shape index (κ1) is 9.48. The van der Waals surface area contributed by atoms with Crippen LogP contribution >= 0.6 is 11.3 Å². The quantitative estimate of drug-likeness (QED) is 0.636. The van der Waals surface area contributed by atoms with Crippen LogP contribution in [0.2, 0.25) is 0 Å². The summed E-state index contributed by atoms with van der Waals surface area (Å²) < 4.78 is 21.6. The van der Waals surface area contributed by atoms with E-state index in [1.165, 1.54) is 11.3 Å². The van der Waals surface area contributed by atoms with Crippen molar-refractivity contribution in [2.45, 2.75) is 0 Å². The molecule has 1 rings (SSSR count). The van der Waals surface area contributed by atoms with Crippen molar-refractivity contribution in [1.29, 1.82) is 0 Å². The maximum atomic E-state index is 11.5. The fourth-order valence-corrected chi connectivity index (χ4v) is 1.19. The summed E-state index contributed by atoms with van der Waals surface area (Å²) in [4.78, 5) is 0. The van der Waals surface area contributed by atoms with E-state index in [4.69, 9.17) is 9.47 Å². The summed E-state index contributed by atoms with van der Waals surface area (Å²) in [6.07, 6.45) is 0. The minimum atomic E-state index is -0.438. The summed E-state index contributed by atoms with van der Waals surface area (Å²) in [5, 5.41) is 3.72. The van der Waals surface area contributed by atoms with E-state index < -0.39 is 6.67 Å². The highest BCUT2D eigenvalue weighted by molar-refractivity contribution is 7.11. The Hall–Kier alpha value is -0.610. The summed E-state index contributed by atoms with van der Waals surface area (Å²) in [5.74, 6) is 0. The molecule has 0 bridgehead atoms. The molecule has 12 heavy (non-hydrogen) atoms. The van der Waals surface area contributed by atoms with Gasteiger partial charge in [-0.25, -0.2) is 4.39 Å². The predicted octanol–water partition coefficient (Wildman–Crippen LogP) is 1.91. The molecule has 0 aromatic carbocycles. The molecule has 0 aliphatic heterocycles. The summed E-state index contributed by atoms with van der Waals surface area (Å²) in [7, 11) is 0. The first-order chi connectivity index (χ1) is 5.93. The number of hydrogen-bond acceptors (Lipinski definition) is 3. The molecule has 0 aliphatic rings. The second-order valence-electron chi connectivity index (χ2n) is 2.02. The number of halogens is 1. The lowest BCUT2D eigenvalue weighted by atomic mass is 10.6. The van der Waals surface area contributed by atoms with Gasteiger partial charge in [-0.2, -0.15) is 0 Å². The van der Waals surface area contributed by atoms with Crippen molar-refractivity contribution in [3.05, 3.63) is 17.5 Å². The summed E-state index contributed by atoms with van der Waals surface area (Å²) in [6, 6.07) is 3.63. The van der Waals surface area contributed by atoms with E-state index in [0.717, 1.165) is 5.06 Å². The number of alkyl halides is 1. The molecule has 0 unspecified atom stereocenters. The van der Waals surface area contributed by atoms with Crippen molar-refractivity contribution in [2.75, 3.05) is 26.5 Å². The van der Waals surface area contributed by atoms with Crippen molar-refractivity contribution in [1.82, 2.24) is 0 Å². The summed E-state index contributed by atoms with van der Waals surface area (Å²) >= 11 is 1.41. The Balaban J connectivity index is 1.96. The highest BCUT2D eigenvalue weighted by Crippen LogP contribution is 2.16. The van der Waals surface area contributed by atoms with Gasteiger partial charge in [-0.05, 0) is 12.1 Å². The Morgan fingerprint density at radius 1 is 1.42 bits per heavy atom. The van der Waals surface area contributed by atoms with Gasteiger partial charge in [0.1, 0.15) is 13.3 Å². The largest absolute Gasteiger partial charge is 0.482 e. The molecule has 67 valence electrons. The molecule has 0 amide bonds. The Morgan fingerprint density at radius 2 is 2.33 bits per heavy atom. The van der Waals surface area contributed by atoms with Crippen LogP contribution in [-0.2, 0) is 4.74 Å². The van der Waals surface area contributed by atoms with Crippen molar-refractivity contribution in [3.63, 3.8) is 0 Å². The maximum absolute atomic E-state index is 11.5. The lowest BCUT2D eigenvalue weighted by molar-refractivity contribution is 0.0908.